The first-order valence-electron chi connectivity index (χ1n) is 5.24. The average molecular weight is 282 g/mol. The van der Waals surface area contributed by atoms with Crippen molar-refractivity contribution in [3.63, 3.8) is 0 Å². The number of hydrogen-bond donors (Lipinski definition) is 2. The molecule has 5 nitrogen and oxygen atoms in total. The van der Waals surface area contributed by atoms with Gasteiger partial charge in [0.05, 0.1) is 15.6 Å². The van der Waals surface area contributed by atoms with Crippen LogP contribution in [0.5, 0.6) is 0 Å². The van der Waals surface area contributed by atoms with Crippen molar-refractivity contribution in [1.29, 1.82) is 0 Å². The molecule has 2 aromatic rings. The molecule has 0 atom stereocenters. The van der Waals surface area contributed by atoms with Gasteiger partial charge in [-0.3, -0.25) is 10.1 Å². The highest BCUT2D eigenvalue weighted by atomic mass is 35.5. The quantitative estimate of drug-likeness (QED) is 0.510. The number of anilines is 3. The lowest BCUT2D eigenvalue weighted by atomic mass is 10.2. The molecule has 0 aromatic heterocycles. The molecule has 0 heterocycles. The van der Waals surface area contributed by atoms with Crippen LogP contribution < -0.4 is 11.1 Å². The van der Waals surface area contributed by atoms with E-state index in [1.807, 2.05) is 0 Å². The second kappa shape index (κ2) is 5.11. The lowest BCUT2D eigenvalue weighted by molar-refractivity contribution is -0.386. The van der Waals surface area contributed by atoms with Gasteiger partial charge in [-0.15, -0.1) is 0 Å². The number of nitro groups is 1. The molecule has 0 saturated heterocycles. The Morgan fingerprint density at radius 2 is 2.00 bits per heavy atom. The molecule has 0 radical (unpaired) electrons. The average Bonchev–Trinajstić information content (AvgIpc) is 2.33. The van der Waals surface area contributed by atoms with Crippen LogP contribution in [0.2, 0.25) is 5.02 Å². The Morgan fingerprint density at radius 3 is 2.68 bits per heavy atom. The molecule has 0 unspecified atom stereocenters. The van der Waals surface area contributed by atoms with Crippen LogP contribution in [0.15, 0.2) is 36.4 Å². The molecule has 0 spiro atoms. The van der Waals surface area contributed by atoms with Gasteiger partial charge in [-0.25, -0.2) is 0 Å². The van der Waals surface area contributed by atoms with Gasteiger partial charge in [-0.2, -0.15) is 4.39 Å². The zero-order valence-electron chi connectivity index (χ0n) is 9.56. The van der Waals surface area contributed by atoms with Crippen LogP contribution in [0.1, 0.15) is 0 Å². The second-order valence-corrected chi connectivity index (χ2v) is 4.16. The first kappa shape index (κ1) is 13.1. The van der Waals surface area contributed by atoms with Gasteiger partial charge in [0, 0.05) is 5.69 Å². The van der Waals surface area contributed by atoms with E-state index in [-0.39, 0.29) is 5.69 Å². The van der Waals surface area contributed by atoms with Crippen molar-refractivity contribution in [2.75, 3.05) is 11.1 Å². The summed E-state index contributed by atoms with van der Waals surface area (Å²) in [5.74, 6) is -0.921. The van der Waals surface area contributed by atoms with E-state index in [4.69, 9.17) is 17.3 Å². The summed E-state index contributed by atoms with van der Waals surface area (Å²) in [7, 11) is 0. The fourth-order valence-electron chi connectivity index (χ4n) is 1.59. The van der Waals surface area contributed by atoms with Crippen molar-refractivity contribution in [2.24, 2.45) is 0 Å². The molecule has 0 bridgehead atoms. The number of hydrogen-bond acceptors (Lipinski definition) is 4. The number of nitro benzene ring substituents is 1. The van der Waals surface area contributed by atoms with E-state index in [0.717, 1.165) is 6.07 Å². The summed E-state index contributed by atoms with van der Waals surface area (Å²) in [5.41, 5.74) is 5.78. The Hall–Kier alpha value is -2.34. The van der Waals surface area contributed by atoms with E-state index in [1.165, 1.54) is 18.2 Å². The van der Waals surface area contributed by atoms with Crippen molar-refractivity contribution < 1.29 is 9.31 Å². The van der Waals surface area contributed by atoms with Crippen LogP contribution in [0.25, 0.3) is 0 Å². The van der Waals surface area contributed by atoms with Crippen molar-refractivity contribution in [3.05, 3.63) is 57.4 Å². The Bertz CT molecular complexity index is 649. The van der Waals surface area contributed by atoms with Gasteiger partial charge < -0.3 is 11.1 Å². The van der Waals surface area contributed by atoms with Crippen LogP contribution in [-0.4, -0.2) is 4.92 Å². The molecule has 3 N–H and O–H groups in total. The van der Waals surface area contributed by atoms with Gasteiger partial charge in [0.1, 0.15) is 5.69 Å². The molecule has 2 aromatic carbocycles. The third-order valence-electron chi connectivity index (χ3n) is 2.43. The number of nitrogens with one attached hydrogen (secondary N) is 1. The molecule has 0 aliphatic rings. The Morgan fingerprint density at radius 1 is 1.26 bits per heavy atom. The van der Waals surface area contributed by atoms with Crippen LogP contribution in [-0.2, 0) is 0 Å². The molecule has 98 valence electrons. The standard InChI is InChI=1S/C12H9ClFN3O2/c13-8-5-4-7(15)6-11(8)16-10-3-1-2-9(14)12(10)17(18)19/h1-6,16H,15H2. The van der Waals surface area contributed by atoms with Crippen LogP contribution >= 0.6 is 11.6 Å². The maximum atomic E-state index is 13.4. The van der Waals surface area contributed by atoms with E-state index in [1.54, 1.807) is 12.1 Å². The first-order chi connectivity index (χ1) is 8.99. The van der Waals surface area contributed by atoms with Crippen molar-refractivity contribution in [2.45, 2.75) is 0 Å². The number of nitrogens with two attached hydrogens (primary N) is 1. The number of para-hydroxylation sites is 1. The lowest BCUT2D eigenvalue weighted by Crippen LogP contribution is -2.00. The van der Waals surface area contributed by atoms with E-state index in [2.05, 4.69) is 5.32 Å². The number of halogens is 2. The molecule has 2 rings (SSSR count). The predicted octanol–water partition coefficient (Wildman–Crippen LogP) is 3.71. The van der Waals surface area contributed by atoms with Gasteiger partial charge in [0.2, 0.25) is 5.82 Å². The molecule has 0 fully saturated rings. The van der Waals surface area contributed by atoms with Crippen LogP contribution in [0.3, 0.4) is 0 Å². The van der Waals surface area contributed by atoms with Crippen LogP contribution in [0.4, 0.5) is 27.1 Å². The third-order valence-corrected chi connectivity index (χ3v) is 2.76. The SMILES string of the molecule is Nc1ccc(Cl)c(Nc2cccc(F)c2[N+](=O)[O-])c1. The normalized spacial score (nSPS) is 10.2. The summed E-state index contributed by atoms with van der Waals surface area (Å²) in [6, 6.07) is 8.42. The van der Waals surface area contributed by atoms with Crippen molar-refractivity contribution in [1.82, 2.24) is 0 Å². The minimum atomic E-state index is -0.921. The zero-order valence-corrected chi connectivity index (χ0v) is 10.3. The third kappa shape index (κ3) is 2.74. The number of benzene rings is 2. The largest absolute Gasteiger partial charge is 0.399 e. The highest BCUT2D eigenvalue weighted by molar-refractivity contribution is 6.33. The zero-order chi connectivity index (χ0) is 14.0. The Balaban J connectivity index is 2.46. The Labute approximate surface area is 113 Å². The summed E-state index contributed by atoms with van der Waals surface area (Å²) < 4.78 is 13.4. The smallest absolute Gasteiger partial charge is 0.327 e. The summed E-state index contributed by atoms with van der Waals surface area (Å²) in [4.78, 5) is 10.1. The van der Waals surface area contributed by atoms with Crippen molar-refractivity contribution in [3.8, 4) is 0 Å². The van der Waals surface area contributed by atoms with Gasteiger partial charge in [-0.1, -0.05) is 17.7 Å². The molecular weight excluding hydrogens is 273 g/mol. The predicted molar refractivity (Wildman–Crippen MR) is 72.2 cm³/mol. The van der Waals surface area contributed by atoms with Crippen molar-refractivity contribution >= 4 is 34.4 Å². The topological polar surface area (TPSA) is 81.2 Å². The fourth-order valence-corrected chi connectivity index (χ4v) is 1.75. The van der Waals surface area contributed by atoms with E-state index < -0.39 is 16.4 Å². The maximum Gasteiger partial charge on any atom is 0.327 e. The molecule has 0 aliphatic carbocycles. The van der Waals surface area contributed by atoms with E-state index in [0.29, 0.717) is 16.4 Å². The minimum absolute atomic E-state index is 0.0116. The number of nitrogen functional groups attached to an aromatic ring is 1. The molecule has 7 heteroatoms. The van der Waals surface area contributed by atoms with E-state index in [9.17, 15) is 14.5 Å². The van der Waals surface area contributed by atoms with Gasteiger partial charge in [-0.05, 0) is 30.3 Å². The highest BCUT2D eigenvalue weighted by Gasteiger charge is 2.20. The Kier molecular flexibility index (Phi) is 3.52. The van der Waals surface area contributed by atoms with Gasteiger partial charge in [0.25, 0.3) is 0 Å². The second-order valence-electron chi connectivity index (χ2n) is 3.76. The monoisotopic (exact) mass is 281 g/mol. The fraction of sp³-hybridized carbons (Fsp3) is 0. The summed E-state index contributed by atoms with van der Waals surface area (Å²) in [6.45, 7) is 0. The maximum absolute atomic E-state index is 13.4. The van der Waals surface area contributed by atoms with Crippen LogP contribution in [0, 0.1) is 15.9 Å². The summed E-state index contributed by atoms with van der Waals surface area (Å²) in [6.07, 6.45) is 0. The molecule has 0 amide bonds. The molecule has 0 aliphatic heterocycles. The molecular formula is C12H9ClFN3O2. The number of nitrogens with zero attached hydrogens (tertiary/aromatic N) is 1. The van der Waals surface area contributed by atoms with E-state index >= 15 is 0 Å². The van der Waals surface area contributed by atoms with Gasteiger partial charge >= 0.3 is 5.69 Å². The number of rotatable bonds is 3. The first-order valence-corrected chi connectivity index (χ1v) is 5.62. The summed E-state index contributed by atoms with van der Waals surface area (Å²) >= 11 is 5.94. The summed E-state index contributed by atoms with van der Waals surface area (Å²) in [5, 5.41) is 13.9. The molecule has 0 saturated carbocycles. The minimum Gasteiger partial charge on any atom is -0.399 e. The highest BCUT2D eigenvalue weighted by Crippen LogP contribution is 2.33. The molecule has 19 heavy (non-hydrogen) atoms. The lowest BCUT2D eigenvalue weighted by Gasteiger charge is -2.09. The van der Waals surface area contributed by atoms with Gasteiger partial charge in [0.15, 0.2) is 0 Å².